The van der Waals surface area contributed by atoms with Gasteiger partial charge >= 0.3 is 0 Å². The molecule has 1 aromatic rings. The fourth-order valence-corrected chi connectivity index (χ4v) is 1.08. The molecule has 1 rings (SSSR count). The van der Waals surface area contributed by atoms with Crippen molar-refractivity contribution in [2.45, 2.75) is 13.8 Å². The van der Waals surface area contributed by atoms with Crippen molar-refractivity contribution in [1.29, 1.82) is 0 Å². The lowest BCUT2D eigenvalue weighted by atomic mass is 10.1. The number of carbonyl (C=O) groups is 1. The number of hydrogen-bond donors (Lipinski definition) is 0. The summed E-state index contributed by atoms with van der Waals surface area (Å²) in [6.45, 7) is 4.47. The van der Waals surface area contributed by atoms with Crippen molar-refractivity contribution in [3.63, 3.8) is 0 Å². The van der Waals surface area contributed by atoms with Crippen LogP contribution >= 0.6 is 0 Å². The maximum atomic E-state index is 10.7. The topological polar surface area (TPSA) is 26.3 Å². The highest BCUT2D eigenvalue weighted by Crippen LogP contribution is 2.12. The molecule has 0 radical (unpaired) electrons. The van der Waals surface area contributed by atoms with Crippen molar-refractivity contribution in [3.05, 3.63) is 41.7 Å². The monoisotopic (exact) mass is 190 g/mol. The van der Waals surface area contributed by atoms with E-state index in [2.05, 4.69) is 0 Å². The van der Waals surface area contributed by atoms with E-state index in [4.69, 9.17) is 4.74 Å². The molecule has 0 N–H and O–H groups in total. The third-order valence-corrected chi connectivity index (χ3v) is 1.89. The quantitative estimate of drug-likeness (QED) is 0.414. The molecule has 74 valence electrons. The van der Waals surface area contributed by atoms with E-state index in [0.717, 1.165) is 11.8 Å². The summed E-state index contributed by atoms with van der Waals surface area (Å²) in [4.78, 5) is 10.7. The Labute approximate surface area is 84.2 Å². The Morgan fingerprint density at radius 1 is 1.36 bits per heavy atom. The summed E-state index contributed by atoms with van der Waals surface area (Å²) < 4.78 is 5.08. The van der Waals surface area contributed by atoms with Crippen molar-refractivity contribution in [2.75, 3.05) is 6.61 Å². The summed E-state index contributed by atoms with van der Waals surface area (Å²) in [6.07, 6.45) is 2.30. The van der Waals surface area contributed by atoms with Gasteiger partial charge in [0.1, 0.15) is 0 Å². The fourth-order valence-electron chi connectivity index (χ4n) is 1.08. The lowest BCUT2D eigenvalue weighted by Crippen LogP contribution is -1.88. The zero-order chi connectivity index (χ0) is 10.4. The number of aryl methyl sites for hydroxylation is 1. The summed E-state index contributed by atoms with van der Waals surface area (Å²) in [7, 11) is 0. The summed E-state index contributed by atoms with van der Waals surface area (Å²) >= 11 is 0. The van der Waals surface area contributed by atoms with Gasteiger partial charge in [-0.3, -0.25) is 4.79 Å². The van der Waals surface area contributed by atoms with Crippen LogP contribution in [0.5, 0.6) is 0 Å². The molecule has 0 saturated carbocycles. The minimum absolute atomic E-state index is 0.573. The van der Waals surface area contributed by atoms with E-state index < -0.39 is 0 Å². The molecule has 1 aromatic carbocycles. The molecule has 2 nitrogen and oxygen atoms in total. The molecule has 0 aliphatic carbocycles. The minimum Gasteiger partial charge on any atom is -0.501 e. The van der Waals surface area contributed by atoms with Gasteiger partial charge < -0.3 is 4.74 Å². The molecule has 2 heteroatoms. The van der Waals surface area contributed by atoms with Crippen molar-refractivity contribution < 1.29 is 9.53 Å². The molecular formula is C12H14O2. The van der Waals surface area contributed by atoms with Crippen LogP contribution in [0.2, 0.25) is 0 Å². The highest BCUT2D eigenvalue weighted by atomic mass is 16.5. The average Bonchev–Trinajstić information content (AvgIpc) is 2.21. The van der Waals surface area contributed by atoms with Crippen molar-refractivity contribution in [3.8, 4) is 0 Å². The normalized spacial score (nSPS) is 11.1. The van der Waals surface area contributed by atoms with E-state index in [-0.39, 0.29) is 0 Å². The predicted molar refractivity (Wildman–Crippen MR) is 56.8 cm³/mol. The van der Waals surface area contributed by atoms with Gasteiger partial charge in [-0.15, -0.1) is 0 Å². The van der Waals surface area contributed by atoms with Gasteiger partial charge in [0.05, 0.1) is 18.4 Å². The van der Waals surface area contributed by atoms with E-state index in [0.29, 0.717) is 12.2 Å². The van der Waals surface area contributed by atoms with Gasteiger partial charge in [-0.05, 0) is 19.4 Å². The number of allylic oxidation sites excluding steroid dienone is 1. The molecular weight excluding hydrogens is 176 g/mol. The lowest BCUT2D eigenvalue weighted by molar-refractivity contribution is -0.103. The first-order valence-corrected chi connectivity index (χ1v) is 4.62. The molecule has 0 fully saturated rings. The molecule has 0 unspecified atom stereocenters. The smallest absolute Gasteiger partial charge is 0.153 e. The number of ether oxygens (including phenoxy) is 1. The first-order valence-electron chi connectivity index (χ1n) is 4.62. The van der Waals surface area contributed by atoms with E-state index >= 15 is 0 Å². The van der Waals surface area contributed by atoms with Crippen LogP contribution in [0.1, 0.15) is 18.1 Å². The van der Waals surface area contributed by atoms with Crippen LogP contribution in [0.4, 0.5) is 0 Å². The molecule has 0 aliphatic heterocycles. The van der Waals surface area contributed by atoms with Crippen LogP contribution in [-0.2, 0) is 9.53 Å². The van der Waals surface area contributed by atoms with Crippen molar-refractivity contribution >= 4 is 11.9 Å². The molecule has 0 heterocycles. The zero-order valence-corrected chi connectivity index (χ0v) is 8.49. The van der Waals surface area contributed by atoms with E-state index in [1.54, 1.807) is 0 Å². The Balaban J connectivity index is 2.89. The number of aldehydes is 1. The highest BCUT2D eigenvalue weighted by molar-refractivity contribution is 6.06. The van der Waals surface area contributed by atoms with E-state index in [1.165, 1.54) is 11.8 Å². The molecule has 0 aromatic heterocycles. The van der Waals surface area contributed by atoms with E-state index in [1.807, 2.05) is 38.1 Å². The summed E-state index contributed by atoms with van der Waals surface area (Å²) in [6, 6.07) is 7.76. The Kier molecular flexibility index (Phi) is 3.92. The molecule has 0 amide bonds. The van der Waals surface area contributed by atoms with Crippen molar-refractivity contribution in [2.24, 2.45) is 0 Å². The second kappa shape index (κ2) is 5.22. The van der Waals surface area contributed by atoms with Gasteiger partial charge in [0.15, 0.2) is 6.29 Å². The number of benzene rings is 1. The van der Waals surface area contributed by atoms with Crippen LogP contribution in [0, 0.1) is 6.92 Å². The van der Waals surface area contributed by atoms with Gasteiger partial charge in [0.2, 0.25) is 0 Å². The standard InChI is InChI=1S/C12H14O2/c1-3-14-9-12(8-13)11-6-4-10(2)5-7-11/h4-9H,3H2,1-2H3/b12-9-. The Morgan fingerprint density at radius 3 is 2.50 bits per heavy atom. The van der Waals surface area contributed by atoms with E-state index in [9.17, 15) is 4.79 Å². The average molecular weight is 190 g/mol. The largest absolute Gasteiger partial charge is 0.501 e. The number of carbonyl (C=O) groups excluding carboxylic acids is 1. The maximum Gasteiger partial charge on any atom is 0.153 e. The Bertz CT molecular complexity index is 323. The van der Waals surface area contributed by atoms with Gasteiger partial charge in [-0.2, -0.15) is 0 Å². The molecule has 0 spiro atoms. The molecule has 14 heavy (non-hydrogen) atoms. The fraction of sp³-hybridized carbons (Fsp3) is 0.250. The zero-order valence-electron chi connectivity index (χ0n) is 8.49. The first kappa shape index (κ1) is 10.5. The molecule has 0 aliphatic rings. The summed E-state index contributed by atoms with van der Waals surface area (Å²) in [5.41, 5.74) is 2.64. The van der Waals surface area contributed by atoms with Gasteiger partial charge in [-0.25, -0.2) is 0 Å². The number of rotatable bonds is 4. The van der Waals surface area contributed by atoms with Crippen LogP contribution in [0.3, 0.4) is 0 Å². The Hall–Kier alpha value is -1.57. The van der Waals surface area contributed by atoms with Crippen molar-refractivity contribution in [1.82, 2.24) is 0 Å². The van der Waals surface area contributed by atoms with Crippen LogP contribution in [-0.4, -0.2) is 12.9 Å². The summed E-state index contributed by atoms with van der Waals surface area (Å²) in [5, 5.41) is 0. The lowest BCUT2D eigenvalue weighted by Gasteiger charge is -2.01. The SMILES string of the molecule is CCO/C=C(/C=O)c1ccc(C)cc1. The van der Waals surface area contributed by atoms with Crippen LogP contribution in [0.25, 0.3) is 5.57 Å². The predicted octanol–water partition coefficient (Wildman–Crippen LogP) is 2.57. The number of hydrogen-bond acceptors (Lipinski definition) is 2. The highest BCUT2D eigenvalue weighted by Gasteiger charge is 1.99. The first-order chi connectivity index (χ1) is 6.77. The third kappa shape index (κ3) is 2.73. The maximum absolute atomic E-state index is 10.7. The molecule has 0 bridgehead atoms. The Morgan fingerprint density at radius 2 is 2.00 bits per heavy atom. The van der Waals surface area contributed by atoms with Gasteiger partial charge in [0, 0.05) is 0 Å². The third-order valence-electron chi connectivity index (χ3n) is 1.89. The van der Waals surface area contributed by atoms with Gasteiger partial charge in [-0.1, -0.05) is 29.8 Å². The second-order valence-electron chi connectivity index (χ2n) is 3.01. The van der Waals surface area contributed by atoms with Crippen LogP contribution in [0.15, 0.2) is 30.5 Å². The molecule has 0 saturated heterocycles. The second-order valence-corrected chi connectivity index (χ2v) is 3.01. The minimum atomic E-state index is 0.573. The van der Waals surface area contributed by atoms with Gasteiger partial charge in [0.25, 0.3) is 0 Å². The van der Waals surface area contributed by atoms with Crippen LogP contribution < -0.4 is 0 Å². The summed E-state index contributed by atoms with van der Waals surface area (Å²) in [5.74, 6) is 0. The molecule has 0 atom stereocenters.